The molecule has 0 bridgehead atoms. The molecule has 2 saturated heterocycles. The Labute approximate surface area is 126 Å². The Bertz CT molecular complexity index is 559. The number of sulfonamides is 1. The second-order valence-electron chi connectivity index (χ2n) is 5.84. The zero-order chi connectivity index (χ0) is 14.7. The Balaban J connectivity index is 1.66. The third kappa shape index (κ3) is 3.49. The molecular weight excluding hydrogens is 286 g/mol. The van der Waals surface area contributed by atoms with Gasteiger partial charge in [-0.15, -0.1) is 0 Å². The van der Waals surface area contributed by atoms with Crippen molar-refractivity contribution in [2.45, 2.75) is 30.9 Å². The Morgan fingerprint density at radius 2 is 1.67 bits per heavy atom. The van der Waals surface area contributed by atoms with Gasteiger partial charge in [0.05, 0.1) is 5.25 Å². The van der Waals surface area contributed by atoms with Gasteiger partial charge in [0.1, 0.15) is 0 Å². The zero-order valence-electron chi connectivity index (χ0n) is 12.2. The van der Waals surface area contributed by atoms with Crippen molar-refractivity contribution in [1.82, 2.24) is 5.32 Å². The standard InChI is InChI=1S/C15H23N3O2S/c19-21(20,15-7-9-16-10-8-15)17-13-3-5-14(6-4-13)18-11-1-2-12-18/h3-6,15-17H,1-2,7-12H2. The highest BCUT2D eigenvalue weighted by Crippen LogP contribution is 2.23. The second-order valence-corrected chi connectivity index (χ2v) is 7.80. The molecule has 1 aromatic rings. The van der Waals surface area contributed by atoms with Crippen molar-refractivity contribution in [1.29, 1.82) is 0 Å². The molecule has 2 fully saturated rings. The Morgan fingerprint density at radius 1 is 1.05 bits per heavy atom. The summed E-state index contributed by atoms with van der Waals surface area (Å²) >= 11 is 0. The first-order valence-electron chi connectivity index (χ1n) is 7.72. The smallest absolute Gasteiger partial charge is 0.235 e. The number of benzene rings is 1. The molecule has 0 amide bonds. The highest BCUT2D eigenvalue weighted by Gasteiger charge is 2.27. The molecule has 116 valence electrons. The maximum Gasteiger partial charge on any atom is 0.235 e. The number of hydrogen-bond acceptors (Lipinski definition) is 4. The second kappa shape index (κ2) is 6.23. The summed E-state index contributed by atoms with van der Waals surface area (Å²) in [5, 5.41) is 2.91. The van der Waals surface area contributed by atoms with Crippen LogP contribution in [0, 0.1) is 0 Å². The van der Waals surface area contributed by atoms with Crippen LogP contribution in [0.3, 0.4) is 0 Å². The molecule has 0 aliphatic carbocycles. The van der Waals surface area contributed by atoms with Crippen LogP contribution < -0.4 is 14.9 Å². The quantitative estimate of drug-likeness (QED) is 0.890. The summed E-state index contributed by atoms with van der Waals surface area (Å²) in [6.07, 6.45) is 3.84. The van der Waals surface area contributed by atoms with Gasteiger partial charge in [-0.3, -0.25) is 4.72 Å². The van der Waals surface area contributed by atoms with Gasteiger partial charge in [-0.1, -0.05) is 0 Å². The van der Waals surface area contributed by atoms with Gasteiger partial charge in [-0.05, 0) is 63.0 Å². The third-order valence-corrected chi connectivity index (χ3v) is 6.19. The molecule has 2 aliphatic heterocycles. The molecule has 0 radical (unpaired) electrons. The summed E-state index contributed by atoms with van der Waals surface area (Å²) in [5.74, 6) is 0. The van der Waals surface area contributed by atoms with E-state index < -0.39 is 10.0 Å². The first-order valence-corrected chi connectivity index (χ1v) is 9.27. The number of rotatable bonds is 4. The molecule has 0 atom stereocenters. The highest BCUT2D eigenvalue weighted by molar-refractivity contribution is 7.93. The number of piperidine rings is 1. The molecule has 1 aromatic carbocycles. The Kier molecular flexibility index (Phi) is 4.35. The summed E-state index contributed by atoms with van der Waals surface area (Å²) in [4.78, 5) is 2.34. The molecule has 21 heavy (non-hydrogen) atoms. The van der Waals surface area contributed by atoms with Crippen LogP contribution in [0.15, 0.2) is 24.3 Å². The third-order valence-electron chi connectivity index (χ3n) is 4.32. The van der Waals surface area contributed by atoms with E-state index in [2.05, 4.69) is 14.9 Å². The van der Waals surface area contributed by atoms with Gasteiger partial charge in [-0.25, -0.2) is 8.42 Å². The van der Waals surface area contributed by atoms with Gasteiger partial charge in [0, 0.05) is 24.5 Å². The number of anilines is 2. The average Bonchev–Trinajstić information content (AvgIpc) is 3.03. The normalized spacial score (nSPS) is 20.7. The highest BCUT2D eigenvalue weighted by atomic mass is 32.2. The van der Waals surface area contributed by atoms with E-state index in [0.717, 1.165) is 26.2 Å². The van der Waals surface area contributed by atoms with Crippen LogP contribution in [-0.4, -0.2) is 39.8 Å². The molecule has 2 aliphatic rings. The van der Waals surface area contributed by atoms with E-state index in [0.29, 0.717) is 18.5 Å². The lowest BCUT2D eigenvalue weighted by molar-refractivity contribution is 0.499. The van der Waals surface area contributed by atoms with E-state index in [4.69, 9.17) is 0 Å². The minimum absolute atomic E-state index is 0.281. The van der Waals surface area contributed by atoms with Crippen molar-refractivity contribution in [3.8, 4) is 0 Å². The van der Waals surface area contributed by atoms with Gasteiger partial charge in [0.2, 0.25) is 10.0 Å². The van der Waals surface area contributed by atoms with Crippen molar-refractivity contribution in [2.24, 2.45) is 0 Å². The average molecular weight is 309 g/mol. The van der Waals surface area contributed by atoms with Gasteiger partial charge in [0.15, 0.2) is 0 Å². The van der Waals surface area contributed by atoms with E-state index in [-0.39, 0.29) is 5.25 Å². The van der Waals surface area contributed by atoms with E-state index >= 15 is 0 Å². The number of hydrogen-bond donors (Lipinski definition) is 2. The molecule has 0 spiro atoms. The molecule has 0 unspecified atom stereocenters. The Morgan fingerprint density at radius 3 is 2.29 bits per heavy atom. The maximum atomic E-state index is 12.3. The molecule has 6 heteroatoms. The fourth-order valence-electron chi connectivity index (χ4n) is 3.07. The summed E-state index contributed by atoms with van der Waals surface area (Å²) in [7, 11) is -3.27. The molecular formula is C15H23N3O2S. The first-order chi connectivity index (χ1) is 10.1. The van der Waals surface area contributed by atoms with Crippen molar-refractivity contribution < 1.29 is 8.42 Å². The monoisotopic (exact) mass is 309 g/mol. The SMILES string of the molecule is O=S(=O)(Nc1ccc(N2CCCC2)cc1)C1CCNCC1. The fraction of sp³-hybridized carbons (Fsp3) is 0.600. The minimum Gasteiger partial charge on any atom is -0.372 e. The van der Waals surface area contributed by atoms with Crippen LogP contribution in [0.4, 0.5) is 11.4 Å². The van der Waals surface area contributed by atoms with Crippen molar-refractivity contribution in [3.05, 3.63) is 24.3 Å². The summed E-state index contributed by atoms with van der Waals surface area (Å²) < 4.78 is 27.4. The van der Waals surface area contributed by atoms with Crippen molar-refractivity contribution in [3.63, 3.8) is 0 Å². The van der Waals surface area contributed by atoms with Gasteiger partial charge < -0.3 is 10.2 Å². The van der Waals surface area contributed by atoms with E-state index in [1.54, 1.807) is 0 Å². The van der Waals surface area contributed by atoms with Gasteiger partial charge in [0.25, 0.3) is 0 Å². The predicted molar refractivity (Wildman–Crippen MR) is 86.3 cm³/mol. The number of nitrogens with one attached hydrogen (secondary N) is 2. The largest absolute Gasteiger partial charge is 0.372 e. The van der Waals surface area contributed by atoms with Crippen LogP contribution >= 0.6 is 0 Å². The molecule has 0 aromatic heterocycles. The lowest BCUT2D eigenvalue weighted by Gasteiger charge is -2.23. The molecule has 2 N–H and O–H groups in total. The number of nitrogens with zero attached hydrogens (tertiary/aromatic N) is 1. The van der Waals surface area contributed by atoms with Gasteiger partial charge in [-0.2, -0.15) is 0 Å². The lowest BCUT2D eigenvalue weighted by Crippen LogP contribution is -2.38. The topological polar surface area (TPSA) is 61.4 Å². The van der Waals surface area contributed by atoms with E-state index in [1.165, 1.54) is 18.5 Å². The van der Waals surface area contributed by atoms with Crippen LogP contribution in [0.5, 0.6) is 0 Å². The first kappa shape index (κ1) is 14.7. The minimum atomic E-state index is -3.27. The maximum absolute atomic E-state index is 12.3. The van der Waals surface area contributed by atoms with Crippen LogP contribution in [0.25, 0.3) is 0 Å². The molecule has 5 nitrogen and oxygen atoms in total. The lowest BCUT2D eigenvalue weighted by atomic mass is 10.2. The molecule has 2 heterocycles. The van der Waals surface area contributed by atoms with Crippen LogP contribution in [0.1, 0.15) is 25.7 Å². The Hall–Kier alpha value is -1.27. The summed E-state index contributed by atoms with van der Waals surface area (Å²) in [5.41, 5.74) is 1.84. The zero-order valence-corrected chi connectivity index (χ0v) is 13.0. The van der Waals surface area contributed by atoms with Crippen molar-refractivity contribution in [2.75, 3.05) is 35.8 Å². The van der Waals surface area contributed by atoms with Crippen molar-refractivity contribution >= 4 is 21.4 Å². The van der Waals surface area contributed by atoms with E-state index in [9.17, 15) is 8.42 Å². The van der Waals surface area contributed by atoms with Crippen LogP contribution in [0.2, 0.25) is 0 Å². The summed E-state index contributed by atoms with van der Waals surface area (Å²) in [6.45, 7) is 3.75. The molecule has 0 saturated carbocycles. The van der Waals surface area contributed by atoms with Crippen LogP contribution in [-0.2, 0) is 10.0 Å². The van der Waals surface area contributed by atoms with Gasteiger partial charge >= 0.3 is 0 Å². The summed E-state index contributed by atoms with van der Waals surface area (Å²) in [6, 6.07) is 7.75. The molecule has 3 rings (SSSR count). The predicted octanol–water partition coefficient (Wildman–Crippen LogP) is 1.78. The van der Waals surface area contributed by atoms with E-state index in [1.807, 2.05) is 24.3 Å². The fourth-order valence-corrected chi connectivity index (χ4v) is 4.56.